The first-order chi connectivity index (χ1) is 13.8. The van der Waals surface area contributed by atoms with Crippen LogP contribution in [0.2, 0.25) is 0 Å². The molecule has 1 aromatic heterocycles. The van der Waals surface area contributed by atoms with Crippen LogP contribution in [0.25, 0.3) is 11.8 Å². The van der Waals surface area contributed by atoms with Crippen LogP contribution in [0.3, 0.4) is 0 Å². The number of thioether (sulfide) groups is 1. The minimum atomic E-state index is -0.410. The second kappa shape index (κ2) is 8.48. The van der Waals surface area contributed by atoms with Crippen molar-refractivity contribution in [3.05, 3.63) is 65.1 Å². The third-order valence-electron chi connectivity index (χ3n) is 4.51. The molecule has 6 nitrogen and oxygen atoms in total. The molecule has 144 valence electrons. The molecule has 1 aromatic carbocycles. The summed E-state index contributed by atoms with van der Waals surface area (Å²) < 4.78 is 5.38. The molecular weight excluding hydrogens is 372 g/mol. The Balaban J connectivity index is 1.69. The van der Waals surface area contributed by atoms with Gasteiger partial charge in [0.2, 0.25) is 0 Å². The lowest BCUT2D eigenvalue weighted by molar-refractivity contribution is -0.116. The molecule has 0 saturated heterocycles. The number of hydrogen-bond donors (Lipinski definition) is 1. The fourth-order valence-corrected chi connectivity index (χ4v) is 3.98. The van der Waals surface area contributed by atoms with Gasteiger partial charge in [-0.25, -0.2) is 5.01 Å². The molecule has 1 unspecified atom stereocenters. The van der Waals surface area contributed by atoms with Crippen LogP contribution in [-0.4, -0.2) is 28.0 Å². The van der Waals surface area contributed by atoms with Crippen molar-refractivity contribution in [3.8, 4) is 0 Å². The summed E-state index contributed by atoms with van der Waals surface area (Å²) in [6.07, 6.45) is 8.41. The number of para-hydroxylation sites is 1. The number of hydrogen-bond acceptors (Lipinski definition) is 6. The summed E-state index contributed by atoms with van der Waals surface area (Å²) in [6, 6.07) is 11.4. The van der Waals surface area contributed by atoms with Gasteiger partial charge in [-0.2, -0.15) is 0 Å². The van der Waals surface area contributed by atoms with Gasteiger partial charge in [-0.3, -0.25) is 15.1 Å². The number of carbonyl (C=O) groups is 1. The highest BCUT2D eigenvalue weighted by molar-refractivity contribution is 8.13. The molecular formula is C21H22N4O2S. The normalized spacial score (nSPS) is 18.4. The molecule has 28 heavy (non-hydrogen) atoms. The summed E-state index contributed by atoms with van der Waals surface area (Å²) in [5.41, 5.74) is 0.526. The van der Waals surface area contributed by atoms with E-state index in [9.17, 15) is 4.79 Å². The number of fused-ring (bicyclic) bond motifs is 2. The quantitative estimate of drug-likeness (QED) is 0.765. The second-order valence-electron chi connectivity index (χ2n) is 6.54. The number of nitrogens with one attached hydrogen (secondary N) is 1. The van der Waals surface area contributed by atoms with Crippen molar-refractivity contribution < 1.29 is 9.21 Å². The molecule has 0 spiro atoms. The number of rotatable bonds is 6. The van der Waals surface area contributed by atoms with Gasteiger partial charge >= 0.3 is 0 Å². The van der Waals surface area contributed by atoms with Crippen molar-refractivity contribution in [2.24, 2.45) is 10.1 Å². The molecule has 1 N–H and O–H groups in total. The van der Waals surface area contributed by atoms with Gasteiger partial charge < -0.3 is 4.42 Å². The van der Waals surface area contributed by atoms with Gasteiger partial charge in [0.05, 0.1) is 11.6 Å². The predicted molar refractivity (Wildman–Crippen MR) is 112 cm³/mol. The molecule has 2 aromatic rings. The maximum Gasteiger partial charge on any atom is 0.276 e. The molecule has 0 aliphatic carbocycles. The van der Waals surface area contributed by atoms with Crippen molar-refractivity contribution in [3.63, 3.8) is 0 Å². The average Bonchev–Trinajstić information content (AvgIpc) is 3.23. The summed E-state index contributed by atoms with van der Waals surface area (Å²) in [4.78, 5) is 17.7. The SMILES string of the molecule is CCCCCSC1=NN2C(=c3ccccc3=NC2/C=C/c2ccco2)C(=O)N1. The van der Waals surface area contributed by atoms with E-state index in [0.29, 0.717) is 10.9 Å². The first kappa shape index (κ1) is 18.6. The molecule has 0 radical (unpaired) electrons. The van der Waals surface area contributed by atoms with Crippen molar-refractivity contribution in [2.45, 2.75) is 32.4 Å². The molecule has 0 saturated carbocycles. The Morgan fingerprint density at radius 2 is 2.14 bits per heavy atom. The lowest BCUT2D eigenvalue weighted by Crippen LogP contribution is -2.52. The molecule has 3 heterocycles. The first-order valence-corrected chi connectivity index (χ1v) is 10.5. The van der Waals surface area contributed by atoms with Gasteiger partial charge in [0.25, 0.3) is 5.91 Å². The molecule has 7 heteroatoms. The van der Waals surface area contributed by atoms with Crippen LogP contribution >= 0.6 is 11.8 Å². The Hall–Kier alpha value is -2.80. The summed E-state index contributed by atoms with van der Waals surface area (Å²) >= 11 is 1.57. The Bertz CT molecular complexity index is 1030. The standard InChI is InChI=1S/C21H22N4O2S/c1-2-3-6-14-28-21-23-20(26)19-16-9-4-5-10-17(16)22-18(25(19)24-21)12-11-15-8-7-13-27-15/h4-5,7-13,18H,2-3,6,14H2,1H3,(H,23,24,26)/b12-11+. The summed E-state index contributed by atoms with van der Waals surface area (Å²) in [6.45, 7) is 2.18. The Morgan fingerprint density at radius 1 is 1.25 bits per heavy atom. The Kier molecular flexibility index (Phi) is 5.62. The lowest BCUT2D eigenvalue weighted by atomic mass is 10.1. The average molecular weight is 395 g/mol. The molecule has 2 aliphatic rings. The van der Waals surface area contributed by atoms with E-state index in [1.165, 1.54) is 12.8 Å². The van der Waals surface area contributed by atoms with Crippen LogP contribution in [0, 0.1) is 0 Å². The third-order valence-corrected chi connectivity index (χ3v) is 5.46. The fraction of sp³-hybridized carbons (Fsp3) is 0.286. The van der Waals surface area contributed by atoms with Gasteiger partial charge in [0.1, 0.15) is 11.5 Å². The van der Waals surface area contributed by atoms with Crippen LogP contribution < -0.4 is 15.9 Å². The Labute approximate surface area is 167 Å². The second-order valence-corrected chi connectivity index (χ2v) is 7.63. The van der Waals surface area contributed by atoms with Crippen LogP contribution in [0.5, 0.6) is 0 Å². The van der Waals surface area contributed by atoms with E-state index in [4.69, 9.17) is 14.5 Å². The molecule has 2 aliphatic heterocycles. The van der Waals surface area contributed by atoms with Gasteiger partial charge in [0.15, 0.2) is 11.3 Å². The summed E-state index contributed by atoms with van der Waals surface area (Å²) in [7, 11) is 0. The van der Waals surface area contributed by atoms with Gasteiger partial charge in [0, 0.05) is 11.0 Å². The van der Waals surface area contributed by atoms with E-state index < -0.39 is 6.17 Å². The molecule has 0 bridgehead atoms. The zero-order valence-corrected chi connectivity index (χ0v) is 16.5. The van der Waals surface area contributed by atoms with Crippen molar-refractivity contribution >= 4 is 34.6 Å². The highest BCUT2D eigenvalue weighted by Crippen LogP contribution is 2.22. The third kappa shape index (κ3) is 3.89. The lowest BCUT2D eigenvalue weighted by Gasteiger charge is -2.32. The van der Waals surface area contributed by atoms with Gasteiger partial charge in [-0.1, -0.05) is 49.7 Å². The minimum Gasteiger partial charge on any atom is -0.465 e. The largest absolute Gasteiger partial charge is 0.465 e. The van der Waals surface area contributed by atoms with E-state index in [1.807, 2.05) is 48.6 Å². The molecule has 4 rings (SSSR count). The van der Waals surface area contributed by atoms with E-state index in [2.05, 4.69) is 12.2 Å². The maximum atomic E-state index is 12.9. The van der Waals surface area contributed by atoms with Gasteiger partial charge in [-0.05, 0) is 36.8 Å². The topological polar surface area (TPSA) is 70.2 Å². The van der Waals surface area contributed by atoms with Crippen molar-refractivity contribution in [2.75, 3.05) is 5.75 Å². The first-order valence-electron chi connectivity index (χ1n) is 9.47. The van der Waals surface area contributed by atoms with Crippen molar-refractivity contribution in [1.82, 2.24) is 10.3 Å². The van der Waals surface area contributed by atoms with Crippen LogP contribution in [-0.2, 0) is 4.79 Å². The maximum absolute atomic E-state index is 12.9. The van der Waals surface area contributed by atoms with Gasteiger partial charge in [-0.15, -0.1) is 5.10 Å². The predicted octanol–water partition coefficient (Wildman–Crippen LogP) is 2.69. The number of unbranched alkanes of at least 4 members (excludes halogenated alkanes) is 2. The fourth-order valence-electron chi connectivity index (χ4n) is 3.13. The number of amidine groups is 1. The van der Waals surface area contributed by atoms with Crippen LogP contribution in [0.1, 0.15) is 31.9 Å². The van der Waals surface area contributed by atoms with E-state index in [1.54, 1.807) is 23.0 Å². The monoisotopic (exact) mass is 394 g/mol. The highest BCUT2D eigenvalue weighted by atomic mass is 32.2. The Morgan fingerprint density at radius 3 is 2.96 bits per heavy atom. The molecule has 0 fully saturated rings. The number of carbonyl (C=O) groups excluding carboxylic acids is 1. The number of furan rings is 1. The zero-order chi connectivity index (χ0) is 19.3. The van der Waals surface area contributed by atoms with E-state index in [-0.39, 0.29) is 5.91 Å². The smallest absolute Gasteiger partial charge is 0.276 e. The summed E-state index contributed by atoms with van der Waals surface area (Å²) in [5, 5.41) is 11.5. The number of hydrazone groups is 1. The van der Waals surface area contributed by atoms with E-state index >= 15 is 0 Å². The number of benzene rings is 1. The molecule has 1 atom stereocenters. The zero-order valence-electron chi connectivity index (χ0n) is 15.7. The number of nitrogens with zero attached hydrogens (tertiary/aromatic N) is 3. The molecule has 1 amide bonds. The van der Waals surface area contributed by atoms with Crippen LogP contribution in [0.15, 0.2) is 63.2 Å². The minimum absolute atomic E-state index is 0.147. The number of amides is 1. The van der Waals surface area contributed by atoms with Crippen molar-refractivity contribution in [1.29, 1.82) is 0 Å². The summed E-state index contributed by atoms with van der Waals surface area (Å²) in [5.74, 6) is 1.51. The van der Waals surface area contributed by atoms with Crippen LogP contribution in [0.4, 0.5) is 0 Å². The highest BCUT2D eigenvalue weighted by Gasteiger charge is 2.32. The van der Waals surface area contributed by atoms with E-state index in [0.717, 1.165) is 28.5 Å².